The minimum absolute atomic E-state index is 0.343. The van der Waals surface area contributed by atoms with Gasteiger partial charge < -0.3 is 9.64 Å². The number of nitriles is 1. The maximum Gasteiger partial charge on any atom is 0.416 e. The number of alkyl halides is 3. The van der Waals surface area contributed by atoms with E-state index < -0.39 is 17.8 Å². The van der Waals surface area contributed by atoms with Crippen molar-refractivity contribution < 1.29 is 17.9 Å². The van der Waals surface area contributed by atoms with Crippen LogP contribution < -0.4 is 9.64 Å². The third kappa shape index (κ3) is 5.37. The summed E-state index contributed by atoms with van der Waals surface area (Å²) < 4.78 is 47.6. The number of guanidine groups is 1. The average molecular weight is 615 g/mol. The van der Waals surface area contributed by atoms with Crippen molar-refractivity contribution in [2.45, 2.75) is 12.2 Å². The Morgan fingerprint density at radius 1 is 1.06 bits per heavy atom. The Kier molecular flexibility index (Phi) is 7.45. The zero-order chi connectivity index (χ0) is 24.3. The molecule has 0 aromatic heterocycles. The first-order valence-electron chi connectivity index (χ1n) is 9.83. The van der Waals surface area contributed by atoms with E-state index in [4.69, 9.17) is 16.3 Å². The molecule has 34 heavy (non-hydrogen) atoms. The van der Waals surface area contributed by atoms with Gasteiger partial charge in [0, 0.05) is 41.0 Å². The van der Waals surface area contributed by atoms with E-state index in [1.165, 1.54) is 15.2 Å². The van der Waals surface area contributed by atoms with E-state index in [0.717, 1.165) is 12.1 Å². The van der Waals surface area contributed by atoms with Crippen LogP contribution in [0.25, 0.3) is 0 Å². The van der Waals surface area contributed by atoms with Crippen LogP contribution >= 0.6 is 41.9 Å². The SMILES string of the molecule is N#CN=C1N(SI)CC(c2cccc(C(F)(F)F)c2)N1c1ccc(Oc2ccc(Cl)cc2)cc1. The number of ether oxygens (including phenoxy) is 1. The van der Waals surface area contributed by atoms with Crippen LogP contribution in [-0.4, -0.2) is 16.8 Å². The molecule has 0 amide bonds. The molecule has 3 aromatic carbocycles. The lowest BCUT2D eigenvalue weighted by Crippen LogP contribution is -2.31. The second-order valence-corrected chi connectivity index (χ2v) is 9.40. The van der Waals surface area contributed by atoms with E-state index in [0.29, 0.717) is 40.3 Å². The highest BCUT2D eigenvalue weighted by Gasteiger charge is 2.39. The highest BCUT2D eigenvalue weighted by atomic mass is 127. The molecule has 11 heteroatoms. The predicted octanol–water partition coefficient (Wildman–Crippen LogP) is 7.85. The van der Waals surface area contributed by atoms with Crippen LogP contribution in [0.2, 0.25) is 5.02 Å². The second kappa shape index (κ2) is 10.3. The first kappa shape index (κ1) is 24.5. The van der Waals surface area contributed by atoms with Crippen molar-refractivity contribution in [3.63, 3.8) is 0 Å². The topological polar surface area (TPSA) is 51.9 Å². The summed E-state index contributed by atoms with van der Waals surface area (Å²) in [6.07, 6.45) is -2.65. The molecular formula is C23H15ClF3IN4OS. The zero-order valence-corrected chi connectivity index (χ0v) is 20.9. The minimum atomic E-state index is -4.46. The number of hydrogen-bond acceptors (Lipinski definition) is 4. The van der Waals surface area contributed by atoms with Crippen molar-refractivity contribution in [3.8, 4) is 17.7 Å². The normalized spacial score (nSPS) is 17.2. The highest BCUT2D eigenvalue weighted by molar-refractivity contribution is 14.2. The standard InChI is InChI=1S/C23H15ClF3IN4OS/c24-17-4-8-19(9-5-17)33-20-10-6-18(7-11-20)32-21(13-31(34-28)22(32)30-14-29)15-2-1-3-16(12-15)23(25,26)27/h1-12,21H,13H2. The molecule has 174 valence electrons. The van der Waals surface area contributed by atoms with E-state index in [9.17, 15) is 18.4 Å². The van der Waals surface area contributed by atoms with Crippen LogP contribution in [-0.2, 0) is 6.18 Å². The number of nitrogens with zero attached hydrogens (tertiary/aromatic N) is 4. The van der Waals surface area contributed by atoms with E-state index in [1.54, 1.807) is 70.0 Å². The average Bonchev–Trinajstić information content (AvgIpc) is 3.19. The Balaban J connectivity index is 1.69. The van der Waals surface area contributed by atoms with Crippen molar-refractivity contribution in [3.05, 3.63) is 88.9 Å². The van der Waals surface area contributed by atoms with E-state index in [-0.39, 0.29) is 0 Å². The van der Waals surface area contributed by atoms with Gasteiger partial charge >= 0.3 is 6.18 Å². The van der Waals surface area contributed by atoms with Gasteiger partial charge in [-0.15, -0.1) is 4.99 Å². The van der Waals surface area contributed by atoms with Crippen molar-refractivity contribution in [2.24, 2.45) is 4.99 Å². The quantitative estimate of drug-likeness (QED) is 0.166. The van der Waals surface area contributed by atoms with Crippen molar-refractivity contribution >= 4 is 53.6 Å². The molecule has 1 unspecified atom stereocenters. The molecule has 0 bridgehead atoms. The lowest BCUT2D eigenvalue weighted by molar-refractivity contribution is -0.137. The number of anilines is 1. The van der Waals surface area contributed by atoms with Crippen LogP contribution in [0.15, 0.2) is 77.8 Å². The van der Waals surface area contributed by atoms with Crippen LogP contribution in [0.3, 0.4) is 0 Å². The van der Waals surface area contributed by atoms with Gasteiger partial charge in [0.05, 0.1) is 18.2 Å². The Morgan fingerprint density at radius 3 is 2.29 bits per heavy atom. The molecule has 1 heterocycles. The molecule has 3 aromatic rings. The van der Waals surface area contributed by atoms with E-state index in [1.807, 2.05) is 0 Å². The van der Waals surface area contributed by atoms with Gasteiger partial charge in [0.1, 0.15) is 11.5 Å². The minimum Gasteiger partial charge on any atom is -0.457 e. The first-order valence-corrected chi connectivity index (χ1v) is 13.5. The summed E-state index contributed by atoms with van der Waals surface area (Å²) in [5.41, 5.74) is 0.402. The number of benzene rings is 3. The fourth-order valence-electron chi connectivity index (χ4n) is 3.58. The second-order valence-electron chi connectivity index (χ2n) is 7.20. The number of rotatable bonds is 5. The molecule has 0 radical (unpaired) electrons. The van der Waals surface area contributed by atoms with Gasteiger partial charge in [-0.25, -0.2) is 0 Å². The Bertz CT molecular complexity index is 1230. The first-order chi connectivity index (χ1) is 16.3. The van der Waals surface area contributed by atoms with Gasteiger partial charge in [-0.05, 0) is 66.2 Å². The summed E-state index contributed by atoms with van der Waals surface area (Å²) in [5, 5.41) is 9.86. The highest BCUT2D eigenvalue weighted by Crippen LogP contribution is 2.41. The maximum absolute atomic E-state index is 13.3. The molecule has 1 saturated heterocycles. The number of hydrogen-bond donors (Lipinski definition) is 0. The summed E-state index contributed by atoms with van der Waals surface area (Å²) in [6.45, 7) is 0.346. The summed E-state index contributed by atoms with van der Waals surface area (Å²) >= 11 is 7.97. The van der Waals surface area contributed by atoms with Gasteiger partial charge in [0.15, 0.2) is 0 Å². The number of halogens is 5. The van der Waals surface area contributed by atoms with Crippen LogP contribution in [0.4, 0.5) is 18.9 Å². The lowest BCUT2D eigenvalue weighted by Gasteiger charge is -2.26. The molecule has 4 rings (SSSR count). The summed E-state index contributed by atoms with van der Waals surface area (Å²) in [5.74, 6) is 1.52. The van der Waals surface area contributed by atoms with Gasteiger partial charge in [-0.1, -0.05) is 23.7 Å². The van der Waals surface area contributed by atoms with Crippen LogP contribution in [0.5, 0.6) is 11.5 Å². The van der Waals surface area contributed by atoms with E-state index in [2.05, 4.69) is 26.2 Å². The third-order valence-corrected chi connectivity index (χ3v) is 7.24. The van der Waals surface area contributed by atoms with Gasteiger partial charge in [-0.3, -0.25) is 4.31 Å². The lowest BCUT2D eigenvalue weighted by atomic mass is 10.0. The van der Waals surface area contributed by atoms with Crippen molar-refractivity contribution in [1.82, 2.24) is 4.31 Å². The molecule has 0 saturated carbocycles. The molecule has 1 aliphatic heterocycles. The van der Waals surface area contributed by atoms with Gasteiger partial charge in [-0.2, -0.15) is 18.4 Å². The largest absolute Gasteiger partial charge is 0.457 e. The van der Waals surface area contributed by atoms with Gasteiger partial charge in [0.2, 0.25) is 12.2 Å². The summed E-state index contributed by atoms with van der Waals surface area (Å²) in [4.78, 5) is 5.72. The fourth-order valence-corrected chi connectivity index (χ4v) is 5.10. The molecule has 1 aliphatic rings. The Labute approximate surface area is 215 Å². The van der Waals surface area contributed by atoms with Crippen molar-refractivity contribution in [2.75, 3.05) is 11.4 Å². The summed E-state index contributed by atoms with van der Waals surface area (Å²) in [7, 11) is 1.32. The molecular weight excluding hydrogens is 600 g/mol. The maximum atomic E-state index is 13.3. The van der Waals surface area contributed by atoms with Crippen molar-refractivity contribution in [1.29, 1.82) is 5.26 Å². The Hall–Kier alpha value is -2.62. The fraction of sp³-hybridized carbons (Fsp3) is 0.130. The predicted molar refractivity (Wildman–Crippen MR) is 136 cm³/mol. The monoisotopic (exact) mass is 614 g/mol. The molecule has 0 N–H and O–H groups in total. The molecule has 0 spiro atoms. The molecule has 5 nitrogen and oxygen atoms in total. The molecule has 0 aliphatic carbocycles. The molecule has 1 atom stereocenters. The third-order valence-electron chi connectivity index (χ3n) is 5.09. The van der Waals surface area contributed by atoms with E-state index >= 15 is 0 Å². The van der Waals surface area contributed by atoms with Gasteiger partial charge in [0.25, 0.3) is 0 Å². The summed E-state index contributed by atoms with van der Waals surface area (Å²) in [6, 6.07) is 18.7. The smallest absolute Gasteiger partial charge is 0.416 e. The Morgan fingerprint density at radius 2 is 1.71 bits per heavy atom. The van der Waals surface area contributed by atoms with Crippen LogP contribution in [0, 0.1) is 11.5 Å². The number of aliphatic imine (C=N–C) groups is 1. The zero-order valence-electron chi connectivity index (χ0n) is 17.2. The van der Waals surface area contributed by atoms with Crippen LogP contribution in [0.1, 0.15) is 17.2 Å². The molecule has 1 fully saturated rings.